The molecule has 0 atom stereocenters. The molecule has 0 bridgehead atoms. The second kappa shape index (κ2) is 4.20. The van der Waals surface area contributed by atoms with Crippen molar-refractivity contribution in [3.63, 3.8) is 0 Å². The van der Waals surface area contributed by atoms with Gasteiger partial charge in [0.1, 0.15) is 0 Å². The predicted molar refractivity (Wildman–Crippen MR) is 64.5 cm³/mol. The van der Waals surface area contributed by atoms with Gasteiger partial charge in [-0.05, 0) is 11.6 Å². The average molecular weight is 201 g/mol. The van der Waals surface area contributed by atoms with Crippen molar-refractivity contribution in [1.82, 2.24) is 0 Å². The van der Waals surface area contributed by atoms with Crippen molar-refractivity contribution in [3.8, 4) is 11.1 Å². The minimum Gasteiger partial charge on any atom is -0.332 e. The molecular weight excluding hydrogens is 190 g/mol. The highest BCUT2D eigenvalue weighted by Crippen LogP contribution is 2.27. The van der Waals surface area contributed by atoms with Gasteiger partial charge in [0.05, 0.1) is 5.69 Å². The van der Waals surface area contributed by atoms with E-state index in [9.17, 15) is 0 Å². The van der Waals surface area contributed by atoms with Crippen molar-refractivity contribution < 1.29 is 0 Å². The van der Waals surface area contributed by atoms with Gasteiger partial charge in [-0.25, -0.2) is 0 Å². The van der Waals surface area contributed by atoms with E-state index >= 15 is 0 Å². The van der Waals surface area contributed by atoms with Crippen molar-refractivity contribution in [2.75, 3.05) is 4.72 Å². The van der Waals surface area contributed by atoms with Gasteiger partial charge in [-0.15, -0.1) is 0 Å². The first kappa shape index (κ1) is 9.16. The molecule has 0 saturated heterocycles. The summed E-state index contributed by atoms with van der Waals surface area (Å²) >= 11 is 4.08. The van der Waals surface area contributed by atoms with Crippen LogP contribution >= 0.6 is 12.8 Å². The van der Waals surface area contributed by atoms with E-state index in [1.807, 2.05) is 36.4 Å². The Morgan fingerprint density at radius 1 is 0.786 bits per heavy atom. The van der Waals surface area contributed by atoms with Gasteiger partial charge in [0.2, 0.25) is 0 Å². The second-order valence-electron chi connectivity index (χ2n) is 3.02. The van der Waals surface area contributed by atoms with Crippen LogP contribution in [-0.2, 0) is 0 Å². The first-order valence-electron chi connectivity index (χ1n) is 4.46. The summed E-state index contributed by atoms with van der Waals surface area (Å²) in [5.74, 6) is 0. The summed E-state index contributed by atoms with van der Waals surface area (Å²) in [7, 11) is 0. The maximum Gasteiger partial charge on any atom is 0.0517 e. The highest BCUT2D eigenvalue weighted by molar-refractivity contribution is 7.81. The largest absolute Gasteiger partial charge is 0.332 e. The van der Waals surface area contributed by atoms with E-state index in [0.717, 1.165) is 5.69 Å². The molecule has 2 aromatic carbocycles. The Balaban J connectivity index is 2.51. The highest BCUT2D eigenvalue weighted by atomic mass is 32.1. The van der Waals surface area contributed by atoms with Gasteiger partial charge < -0.3 is 4.72 Å². The van der Waals surface area contributed by atoms with Gasteiger partial charge in [0.15, 0.2) is 0 Å². The van der Waals surface area contributed by atoms with E-state index < -0.39 is 0 Å². The number of anilines is 1. The van der Waals surface area contributed by atoms with Gasteiger partial charge in [-0.1, -0.05) is 61.3 Å². The second-order valence-corrected chi connectivity index (χ2v) is 3.25. The summed E-state index contributed by atoms with van der Waals surface area (Å²) in [6.45, 7) is 0. The van der Waals surface area contributed by atoms with Crippen LogP contribution < -0.4 is 4.72 Å². The summed E-state index contributed by atoms with van der Waals surface area (Å²) in [4.78, 5) is 0. The maximum absolute atomic E-state index is 4.08. The maximum atomic E-state index is 4.08. The van der Waals surface area contributed by atoms with Crippen molar-refractivity contribution in [1.29, 1.82) is 0 Å². The number of hydrogen-bond donors (Lipinski definition) is 2. The van der Waals surface area contributed by atoms with Crippen LogP contribution in [0.25, 0.3) is 11.1 Å². The van der Waals surface area contributed by atoms with E-state index in [2.05, 4.69) is 35.7 Å². The average Bonchev–Trinajstić information content (AvgIpc) is 2.30. The van der Waals surface area contributed by atoms with Gasteiger partial charge in [0, 0.05) is 5.56 Å². The van der Waals surface area contributed by atoms with Crippen LogP contribution in [0.5, 0.6) is 0 Å². The lowest BCUT2D eigenvalue weighted by atomic mass is 10.0. The Morgan fingerprint density at radius 3 is 2.14 bits per heavy atom. The molecule has 0 aliphatic carbocycles. The van der Waals surface area contributed by atoms with Gasteiger partial charge in [-0.3, -0.25) is 0 Å². The van der Waals surface area contributed by atoms with Crippen LogP contribution in [0, 0.1) is 0 Å². The standard InChI is InChI=1S/C12H11NS/c14-13-12-9-5-4-8-11(12)10-6-2-1-3-7-10/h1-9,13-14H. The molecule has 14 heavy (non-hydrogen) atoms. The van der Waals surface area contributed by atoms with Crippen LogP contribution in [-0.4, -0.2) is 0 Å². The van der Waals surface area contributed by atoms with Crippen molar-refractivity contribution in [2.45, 2.75) is 0 Å². The summed E-state index contributed by atoms with van der Waals surface area (Å²) in [6, 6.07) is 18.4. The van der Waals surface area contributed by atoms with Gasteiger partial charge >= 0.3 is 0 Å². The Morgan fingerprint density at radius 2 is 1.43 bits per heavy atom. The van der Waals surface area contributed by atoms with Crippen LogP contribution in [0.2, 0.25) is 0 Å². The third-order valence-electron chi connectivity index (χ3n) is 2.13. The van der Waals surface area contributed by atoms with Crippen LogP contribution in [0.1, 0.15) is 0 Å². The lowest BCUT2D eigenvalue weighted by Gasteiger charge is -2.07. The van der Waals surface area contributed by atoms with Crippen LogP contribution in [0.15, 0.2) is 54.6 Å². The minimum absolute atomic E-state index is 1.03. The summed E-state index contributed by atoms with van der Waals surface area (Å²) < 4.78 is 2.89. The molecule has 0 aliphatic rings. The molecule has 0 saturated carbocycles. The number of hydrogen-bond acceptors (Lipinski definition) is 2. The molecule has 0 fully saturated rings. The topological polar surface area (TPSA) is 12.0 Å². The summed E-state index contributed by atoms with van der Waals surface area (Å²) in [5.41, 5.74) is 3.40. The zero-order valence-electron chi connectivity index (χ0n) is 7.64. The lowest BCUT2D eigenvalue weighted by Crippen LogP contribution is -1.85. The monoisotopic (exact) mass is 201 g/mol. The van der Waals surface area contributed by atoms with E-state index in [-0.39, 0.29) is 0 Å². The fraction of sp³-hybridized carbons (Fsp3) is 0. The molecule has 0 radical (unpaired) electrons. The molecule has 2 aromatic rings. The normalized spacial score (nSPS) is 9.79. The molecule has 0 spiro atoms. The van der Waals surface area contributed by atoms with E-state index in [0.29, 0.717) is 0 Å². The highest BCUT2D eigenvalue weighted by Gasteiger charge is 2.00. The van der Waals surface area contributed by atoms with E-state index in [1.165, 1.54) is 11.1 Å². The van der Waals surface area contributed by atoms with Crippen molar-refractivity contribution >= 4 is 18.5 Å². The molecule has 0 amide bonds. The zero-order valence-corrected chi connectivity index (χ0v) is 8.54. The molecular formula is C12H11NS. The Bertz CT molecular complexity index is 412. The quantitative estimate of drug-likeness (QED) is 0.707. The molecule has 1 nitrogen and oxygen atoms in total. The smallest absolute Gasteiger partial charge is 0.0517 e. The third kappa shape index (κ3) is 1.75. The molecule has 2 heteroatoms. The molecule has 0 aliphatic heterocycles. The fourth-order valence-electron chi connectivity index (χ4n) is 1.45. The van der Waals surface area contributed by atoms with E-state index in [4.69, 9.17) is 0 Å². The zero-order chi connectivity index (χ0) is 9.80. The first-order valence-corrected chi connectivity index (χ1v) is 4.91. The summed E-state index contributed by atoms with van der Waals surface area (Å²) in [5, 5.41) is 0. The third-order valence-corrected chi connectivity index (χ3v) is 2.37. The molecule has 2 rings (SSSR count). The van der Waals surface area contributed by atoms with Crippen molar-refractivity contribution in [3.05, 3.63) is 54.6 Å². The van der Waals surface area contributed by atoms with E-state index in [1.54, 1.807) is 0 Å². The molecule has 0 heterocycles. The SMILES string of the molecule is SNc1ccccc1-c1ccccc1. The Hall–Kier alpha value is -1.41. The molecule has 1 N–H and O–H groups in total. The Kier molecular flexibility index (Phi) is 2.75. The van der Waals surface area contributed by atoms with Crippen molar-refractivity contribution in [2.24, 2.45) is 0 Å². The minimum atomic E-state index is 1.03. The first-order chi connectivity index (χ1) is 6.92. The number of thiol groups is 1. The number of rotatable bonds is 2. The van der Waals surface area contributed by atoms with Crippen LogP contribution in [0.4, 0.5) is 5.69 Å². The van der Waals surface area contributed by atoms with Gasteiger partial charge in [-0.2, -0.15) is 0 Å². The number of para-hydroxylation sites is 1. The number of nitrogens with one attached hydrogen (secondary N) is 1. The Labute approximate surface area is 89.3 Å². The molecule has 0 aromatic heterocycles. The molecule has 0 unspecified atom stereocenters. The van der Waals surface area contributed by atoms with Gasteiger partial charge in [0.25, 0.3) is 0 Å². The lowest BCUT2D eigenvalue weighted by molar-refractivity contribution is 1.61. The summed E-state index contributed by atoms with van der Waals surface area (Å²) in [6.07, 6.45) is 0. The molecule has 70 valence electrons. The predicted octanol–water partition coefficient (Wildman–Crippen LogP) is 3.61. The van der Waals surface area contributed by atoms with Crippen LogP contribution in [0.3, 0.4) is 0 Å². The fourth-order valence-corrected chi connectivity index (χ4v) is 1.65. The number of benzene rings is 2.